The predicted octanol–water partition coefficient (Wildman–Crippen LogP) is 2.69. The average molecular weight is 317 g/mol. The van der Waals surface area contributed by atoms with Crippen LogP contribution in [0.15, 0.2) is 52.7 Å². The largest absolute Gasteiger partial charge is 0.465 e. The van der Waals surface area contributed by atoms with Crippen LogP contribution in [0.3, 0.4) is 0 Å². The first-order valence-corrected chi connectivity index (χ1v) is 6.85. The summed E-state index contributed by atoms with van der Waals surface area (Å²) in [7, 11) is 0. The van der Waals surface area contributed by atoms with Crippen molar-refractivity contribution in [1.29, 1.82) is 5.26 Å². The Morgan fingerprint density at radius 3 is 2.73 bits per heavy atom. The molecular weight excluding hydrogens is 304 g/mol. The van der Waals surface area contributed by atoms with Crippen LogP contribution in [0.1, 0.15) is 17.4 Å². The number of halogens is 1. The number of aliphatic hydroxyl groups excluding tert-OH is 1. The summed E-state index contributed by atoms with van der Waals surface area (Å²) in [5, 5.41) is 22.1. The van der Waals surface area contributed by atoms with Gasteiger partial charge in [0.15, 0.2) is 0 Å². The number of hydrogen-bond donors (Lipinski definition) is 2. The summed E-state index contributed by atoms with van der Waals surface area (Å²) in [6.07, 6.45) is 1.90. The Bertz CT molecular complexity index is 700. The maximum atomic E-state index is 11.9. The number of benzene rings is 1. The Morgan fingerprint density at radius 2 is 2.14 bits per heavy atom. The lowest BCUT2D eigenvalue weighted by Gasteiger charge is -2.12. The summed E-state index contributed by atoms with van der Waals surface area (Å²) in [5.41, 5.74) is 0.525. The number of hydrogen-bond acceptors (Lipinski definition) is 4. The van der Waals surface area contributed by atoms with Gasteiger partial charge in [-0.15, -0.1) is 0 Å². The van der Waals surface area contributed by atoms with Gasteiger partial charge >= 0.3 is 0 Å². The standard InChI is InChI=1S/C16H13ClN2O3/c17-13-5-3-11(4-6-13)15(20)10-19-16(21)12(9-18)8-14-2-1-7-22-14/h1-8,15,20H,10H2,(H,19,21)/b12-8+. The molecule has 112 valence electrons. The predicted molar refractivity (Wildman–Crippen MR) is 81.7 cm³/mol. The second-order valence-corrected chi connectivity index (χ2v) is 4.90. The van der Waals surface area contributed by atoms with Crippen LogP contribution in [0.2, 0.25) is 5.02 Å². The lowest BCUT2D eigenvalue weighted by atomic mass is 10.1. The molecule has 1 heterocycles. The maximum absolute atomic E-state index is 11.9. The van der Waals surface area contributed by atoms with E-state index in [2.05, 4.69) is 5.32 Å². The van der Waals surface area contributed by atoms with Gasteiger partial charge in [-0.1, -0.05) is 23.7 Å². The molecule has 2 rings (SSSR count). The minimum Gasteiger partial charge on any atom is -0.465 e. The van der Waals surface area contributed by atoms with Gasteiger partial charge in [-0.2, -0.15) is 5.26 Å². The van der Waals surface area contributed by atoms with E-state index in [0.717, 1.165) is 0 Å². The fourth-order valence-corrected chi connectivity index (χ4v) is 1.88. The van der Waals surface area contributed by atoms with Crippen LogP contribution < -0.4 is 5.32 Å². The molecule has 0 aliphatic rings. The topological polar surface area (TPSA) is 86.3 Å². The van der Waals surface area contributed by atoms with Gasteiger partial charge in [0.2, 0.25) is 0 Å². The summed E-state index contributed by atoms with van der Waals surface area (Å²) < 4.78 is 5.05. The highest BCUT2D eigenvalue weighted by molar-refractivity contribution is 6.30. The van der Waals surface area contributed by atoms with Crippen molar-refractivity contribution in [1.82, 2.24) is 5.32 Å². The number of rotatable bonds is 5. The van der Waals surface area contributed by atoms with Gasteiger partial charge in [-0.05, 0) is 29.8 Å². The Hall–Kier alpha value is -2.55. The highest BCUT2D eigenvalue weighted by Crippen LogP contribution is 2.16. The SMILES string of the molecule is N#C/C(=C\c1ccco1)C(=O)NCC(O)c1ccc(Cl)cc1. The fourth-order valence-electron chi connectivity index (χ4n) is 1.75. The number of nitriles is 1. The van der Waals surface area contributed by atoms with E-state index >= 15 is 0 Å². The van der Waals surface area contributed by atoms with Gasteiger partial charge in [0.1, 0.15) is 17.4 Å². The molecule has 1 unspecified atom stereocenters. The number of furan rings is 1. The Labute approximate surface area is 132 Å². The molecule has 0 radical (unpaired) electrons. The van der Waals surface area contributed by atoms with Crippen molar-refractivity contribution in [3.8, 4) is 6.07 Å². The molecule has 0 aliphatic heterocycles. The molecule has 0 saturated heterocycles. The van der Waals surface area contributed by atoms with Crippen LogP contribution in [0.25, 0.3) is 6.08 Å². The molecule has 1 aromatic carbocycles. The minimum atomic E-state index is -0.884. The smallest absolute Gasteiger partial charge is 0.262 e. The van der Waals surface area contributed by atoms with Gasteiger partial charge in [0.25, 0.3) is 5.91 Å². The van der Waals surface area contributed by atoms with Crippen LogP contribution in [-0.4, -0.2) is 17.6 Å². The number of nitrogens with one attached hydrogen (secondary N) is 1. The number of amides is 1. The molecule has 1 atom stereocenters. The van der Waals surface area contributed by atoms with Crippen LogP contribution in [0.4, 0.5) is 0 Å². The van der Waals surface area contributed by atoms with E-state index < -0.39 is 12.0 Å². The second kappa shape index (κ2) is 7.46. The third kappa shape index (κ3) is 4.22. The third-order valence-electron chi connectivity index (χ3n) is 2.91. The van der Waals surface area contributed by atoms with E-state index in [9.17, 15) is 9.90 Å². The quantitative estimate of drug-likeness (QED) is 0.656. The van der Waals surface area contributed by atoms with Gasteiger partial charge in [0.05, 0.1) is 12.4 Å². The summed E-state index contributed by atoms with van der Waals surface area (Å²) >= 11 is 5.77. The van der Waals surface area contributed by atoms with E-state index in [0.29, 0.717) is 16.3 Å². The monoisotopic (exact) mass is 316 g/mol. The molecule has 0 spiro atoms. The molecule has 0 saturated carbocycles. The molecule has 2 N–H and O–H groups in total. The van der Waals surface area contributed by atoms with Crippen molar-refractivity contribution in [3.63, 3.8) is 0 Å². The summed E-state index contributed by atoms with van der Waals surface area (Å²) in [6.45, 7) is -0.0162. The molecule has 6 heteroatoms. The molecule has 1 amide bonds. The molecule has 0 fully saturated rings. The van der Waals surface area contributed by atoms with E-state index in [-0.39, 0.29) is 12.1 Å². The van der Waals surface area contributed by atoms with Crippen molar-refractivity contribution in [2.45, 2.75) is 6.10 Å². The van der Waals surface area contributed by atoms with Crippen molar-refractivity contribution in [2.24, 2.45) is 0 Å². The fraction of sp³-hybridized carbons (Fsp3) is 0.125. The average Bonchev–Trinajstić information content (AvgIpc) is 3.03. The summed E-state index contributed by atoms with van der Waals surface area (Å²) in [5.74, 6) is -0.170. The van der Waals surface area contributed by atoms with Gasteiger partial charge < -0.3 is 14.8 Å². The minimum absolute atomic E-state index is 0.0162. The van der Waals surface area contributed by atoms with E-state index in [1.54, 1.807) is 42.5 Å². The van der Waals surface area contributed by atoms with Crippen molar-refractivity contribution in [2.75, 3.05) is 6.54 Å². The molecule has 0 aliphatic carbocycles. The van der Waals surface area contributed by atoms with Crippen molar-refractivity contribution >= 4 is 23.6 Å². The zero-order chi connectivity index (χ0) is 15.9. The lowest BCUT2D eigenvalue weighted by molar-refractivity contribution is -0.117. The normalized spacial score (nSPS) is 12.5. The van der Waals surface area contributed by atoms with Crippen LogP contribution >= 0.6 is 11.6 Å². The molecular formula is C16H13ClN2O3. The first-order valence-electron chi connectivity index (χ1n) is 6.47. The van der Waals surface area contributed by atoms with E-state index in [1.807, 2.05) is 0 Å². The number of carbonyl (C=O) groups excluding carboxylic acids is 1. The molecule has 5 nitrogen and oxygen atoms in total. The zero-order valence-corrected chi connectivity index (χ0v) is 12.2. The van der Waals surface area contributed by atoms with Crippen LogP contribution in [-0.2, 0) is 4.79 Å². The maximum Gasteiger partial charge on any atom is 0.262 e. The summed E-state index contributed by atoms with van der Waals surface area (Å²) in [4.78, 5) is 11.9. The Kier molecular flexibility index (Phi) is 5.37. The highest BCUT2D eigenvalue weighted by Gasteiger charge is 2.13. The van der Waals surface area contributed by atoms with Crippen LogP contribution in [0, 0.1) is 11.3 Å². The third-order valence-corrected chi connectivity index (χ3v) is 3.16. The molecule has 0 bridgehead atoms. The second-order valence-electron chi connectivity index (χ2n) is 4.46. The molecule has 2 aromatic rings. The summed E-state index contributed by atoms with van der Waals surface area (Å²) in [6, 6.07) is 11.7. The Balaban J connectivity index is 1.97. The number of nitrogens with zero attached hydrogens (tertiary/aromatic N) is 1. The van der Waals surface area contributed by atoms with Gasteiger partial charge in [0, 0.05) is 17.6 Å². The van der Waals surface area contributed by atoms with Crippen molar-refractivity contribution < 1.29 is 14.3 Å². The first-order chi connectivity index (χ1) is 10.6. The highest BCUT2D eigenvalue weighted by atomic mass is 35.5. The number of carbonyl (C=O) groups is 1. The van der Waals surface area contributed by atoms with Crippen LogP contribution in [0.5, 0.6) is 0 Å². The van der Waals surface area contributed by atoms with E-state index in [4.69, 9.17) is 21.3 Å². The van der Waals surface area contributed by atoms with Gasteiger partial charge in [-0.25, -0.2) is 0 Å². The lowest BCUT2D eigenvalue weighted by Crippen LogP contribution is -2.29. The van der Waals surface area contributed by atoms with E-state index in [1.165, 1.54) is 12.3 Å². The zero-order valence-electron chi connectivity index (χ0n) is 11.5. The van der Waals surface area contributed by atoms with Gasteiger partial charge in [-0.3, -0.25) is 4.79 Å². The molecule has 1 aromatic heterocycles. The first kappa shape index (κ1) is 15.8. The number of aliphatic hydroxyl groups is 1. The Morgan fingerprint density at radius 1 is 1.41 bits per heavy atom. The molecule has 22 heavy (non-hydrogen) atoms. The van der Waals surface area contributed by atoms with Crippen molar-refractivity contribution in [3.05, 3.63) is 64.6 Å².